The van der Waals surface area contributed by atoms with Gasteiger partial charge in [0.05, 0.1) is 21.3 Å². The number of aryl methyl sites for hydroxylation is 2. The summed E-state index contributed by atoms with van der Waals surface area (Å²) in [5.41, 5.74) is 1.62. The smallest absolute Gasteiger partial charge is 0.254 e. The number of amides is 1. The Hall–Kier alpha value is -2.03. The molecule has 0 aliphatic carbocycles. The predicted octanol–water partition coefficient (Wildman–Crippen LogP) is 3.83. The summed E-state index contributed by atoms with van der Waals surface area (Å²) in [4.78, 5) is 28.8. The molecule has 30 heavy (non-hydrogen) atoms. The van der Waals surface area contributed by atoms with Gasteiger partial charge in [-0.05, 0) is 49.6 Å². The van der Waals surface area contributed by atoms with Crippen LogP contribution in [0.4, 0.5) is 0 Å². The Labute approximate surface area is 184 Å². The minimum atomic E-state index is -0.379. The van der Waals surface area contributed by atoms with Crippen LogP contribution in [0.25, 0.3) is 10.2 Å². The maximum absolute atomic E-state index is 12.5. The number of fused-ring (bicyclic) bond motifs is 1. The Morgan fingerprint density at radius 2 is 2.00 bits per heavy atom. The molecule has 1 N–H and O–H groups in total. The van der Waals surface area contributed by atoms with Gasteiger partial charge in [0.1, 0.15) is 5.82 Å². The van der Waals surface area contributed by atoms with Crippen LogP contribution in [-0.2, 0) is 12.8 Å². The van der Waals surface area contributed by atoms with Crippen LogP contribution in [0.1, 0.15) is 41.0 Å². The Balaban J connectivity index is 1.30. The molecule has 158 valence electrons. The highest BCUT2D eigenvalue weighted by Crippen LogP contribution is 2.26. The molecule has 3 heterocycles. The third-order valence-corrected chi connectivity index (χ3v) is 7.22. The van der Waals surface area contributed by atoms with Gasteiger partial charge >= 0.3 is 0 Å². The Bertz CT molecular complexity index is 1020. The van der Waals surface area contributed by atoms with Gasteiger partial charge in [-0.2, -0.15) is 0 Å². The van der Waals surface area contributed by atoms with Crippen LogP contribution < -0.4 is 0 Å². The van der Waals surface area contributed by atoms with E-state index in [0.29, 0.717) is 24.6 Å². The van der Waals surface area contributed by atoms with E-state index in [1.807, 2.05) is 36.8 Å². The van der Waals surface area contributed by atoms with Gasteiger partial charge in [0.2, 0.25) is 0 Å². The second-order valence-corrected chi connectivity index (χ2v) is 9.87. The van der Waals surface area contributed by atoms with Crippen molar-refractivity contribution in [1.82, 2.24) is 19.9 Å². The van der Waals surface area contributed by atoms with Crippen molar-refractivity contribution < 1.29 is 9.90 Å². The maximum Gasteiger partial charge on any atom is 0.254 e. The first-order valence-electron chi connectivity index (χ1n) is 10.2. The molecule has 0 saturated carbocycles. The van der Waals surface area contributed by atoms with Gasteiger partial charge in [-0.3, -0.25) is 4.79 Å². The third kappa shape index (κ3) is 4.99. The fourth-order valence-electron chi connectivity index (χ4n) is 3.48. The number of hydrogen-bond donors (Lipinski definition) is 1. The van der Waals surface area contributed by atoms with Crippen molar-refractivity contribution in [2.45, 2.75) is 43.6 Å². The first-order valence-corrected chi connectivity index (χ1v) is 12.3. The highest BCUT2D eigenvalue weighted by Gasteiger charge is 2.29. The lowest BCUT2D eigenvalue weighted by molar-refractivity contribution is 0.00591. The zero-order chi connectivity index (χ0) is 21.1. The summed E-state index contributed by atoms with van der Waals surface area (Å²) in [7, 11) is 0. The van der Waals surface area contributed by atoms with Crippen LogP contribution in [0.5, 0.6) is 0 Å². The summed E-state index contributed by atoms with van der Waals surface area (Å²) in [5, 5.41) is 10.5. The third-order valence-electron chi connectivity index (χ3n) is 5.46. The number of hydrogen-bond acceptors (Lipinski definition) is 7. The minimum absolute atomic E-state index is 0.0152. The van der Waals surface area contributed by atoms with E-state index in [-0.39, 0.29) is 12.0 Å². The first-order chi connectivity index (χ1) is 14.5. The number of aliphatic hydroxyl groups excluding tert-OH is 1. The molecule has 1 fully saturated rings. The van der Waals surface area contributed by atoms with E-state index in [2.05, 4.69) is 16.9 Å². The van der Waals surface area contributed by atoms with Crippen LogP contribution in [0, 0.1) is 5.92 Å². The molecule has 4 rings (SSSR count). The van der Waals surface area contributed by atoms with Gasteiger partial charge in [0.25, 0.3) is 5.91 Å². The van der Waals surface area contributed by atoms with Crippen molar-refractivity contribution in [3.8, 4) is 0 Å². The van der Waals surface area contributed by atoms with E-state index < -0.39 is 0 Å². The molecule has 0 radical (unpaired) electrons. The minimum Gasteiger partial charge on any atom is -0.389 e. The van der Waals surface area contributed by atoms with Crippen LogP contribution in [0.15, 0.2) is 35.5 Å². The zero-order valence-electron chi connectivity index (χ0n) is 17.2. The molecule has 6 nitrogen and oxygen atoms in total. The van der Waals surface area contributed by atoms with E-state index in [4.69, 9.17) is 4.98 Å². The Morgan fingerprint density at radius 3 is 2.70 bits per heavy atom. The standard InChI is InChI=1S/C22H26N4O2S2/c1-14(3-7-20-23-10-17(29-2)11-24-20)4-8-21-25-18-6-5-15(9-19(18)30-21)22(28)26-12-16(27)13-26/h5-6,9-11,14,16,27H,3-4,7-8,12-13H2,1-2H3/t14-/m0/s1. The van der Waals surface area contributed by atoms with Gasteiger partial charge in [0, 0.05) is 42.4 Å². The molecule has 1 aliphatic heterocycles. The molecule has 0 bridgehead atoms. The Morgan fingerprint density at radius 1 is 1.27 bits per heavy atom. The number of rotatable bonds is 8. The lowest BCUT2D eigenvalue weighted by Gasteiger charge is -2.35. The number of β-amino-alcohol motifs (C(OH)–C–C–N with tert-alkyl or cyclic N) is 1. The summed E-state index contributed by atoms with van der Waals surface area (Å²) in [6.45, 7) is 3.12. The number of benzene rings is 1. The van der Waals surface area contributed by atoms with Gasteiger partial charge in [-0.15, -0.1) is 23.1 Å². The molecule has 1 amide bonds. The van der Waals surface area contributed by atoms with Gasteiger partial charge in [-0.1, -0.05) is 6.92 Å². The highest BCUT2D eigenvalue weighted by molar-refractivity contribution is 7.98. The molecule has 0 unspecified atom stereocenters. The summed E-state index contributed by atoms with van der Waals surface area (Å²) < 4.78 is 1.05. The summed E-state index contributed by atoms with van der Waals surface area (Å²) in [6, 6.07) is 5.70. The topological polar surface area (TPSA) is 79.2 Å². The zero-order valence-corrected chi connectivity index (χ0v) is 18.9. The predicted molar refractivity (Wildman–Crippen MR) is 121 cm³/mol. The van der Waals surface area contributed by atoms with Crippen molar-refractivity contribution in [3.63, 3.8) is 0 Å². The second kappa shape index (κ2) is 9.41. The van der Waals surface area contributed by atoms with Gasteiger partial charge < -0.3 is 10.0 Å². The number of likely N-dealkylation sites (tertiary alicyclic amines) is 1. The number of thiazole rings is 1. The highest BCUT2D eigenvalue weighted by atomic mass is 32.2. The summed E-state index contributed by atoms with van der Waals surface area (Å²) in [6.07, 6.45) is 9.39. The fraction of sp³-hybridized carbons (Fsp3) is 0.455. The number of aliphatic hydroxyl groups is 1. The van der Waals surface area contributed by atoms with Gasteiger partial charge in [0.15, 0.2) is 0 Å². The van der Waals surface area contributed by atoms with E-state index in [1.54, 1.807) is 28.0 Å². The molecule has 0 spiro atoms. The fourth-order valence-corrected chi connectivity index (χ4v) is 4.82. The molecule has 8 heteroatoms. The van der Waals surface area contributed by atoms with Crippen molar-refractivity contribution in [1.29, 1.82) is 0 Å². The number of thioether (sulfide) groups is 1. The number of nitrogens with zero attached hydrogens (tertiary/aromatic N) is 4. The first kappa shape index (κ1) is 21.2. The molecule has 1 aliphatic rings. The lowest BCUT2D eigenvalue weighted by Crippen LogP contribution is -2.53. The lowest BCUT2D eigenvalue weighted by atomic mass is 10.00. The maximum atomic E-state index is 12.5. The molecule has 2 aromatic heterocycles. The van der Waals surface area contributed by atoms with Crippen LogP contribution in [-0.4, -0.2) is 56.3 Å². The summed E-state index contributed by atoms with van der Waals surface area (Å²) in [5.74, 6) is 1.46. The molecular formula is C22H26N4O2S2. The van der Waals surface area contributed by atoms with Crippen LogP contribution in [0.2, 0.25) is 0 Å². The average molecular weight is 443 g/mol. The van der Waals surface area contributed by atoms with E-state index in [0.717, 1.165) is 51.6 Å². The number of carbonyl (C=O) groups excluding carboxylic acids is 1. The largest absolute Gasteiger partial charge is 0.389 e. The van der Waals surface area contributed by atoms with Crippen molar-refractivity contribution in [2.24, 2.45) is 5.92 Å². The normalized spacial score (nSPS) is 15.4. The summed E-state index contributed by atoms with van der Waals surface area (Å²) >= 11 is 3.32. The average Bonchev–Trinajstić information content (AvgIpc) is 3.16. The van der Waals surface area contributed by atoms with Gasteiger partial charge in [-0.25, -0.2) is 15.0 Å². The van der Waals surface area contributed by atoms with Crippen molar-refractivity contribution in [3.05, 3.63) is 47.0 Å². The van der Waals surface area contributed by atoms with Crippen molar-refractivity contribution in [2.75, 3.05) is 19.3 Å². The molecule has 1 aromatic carbocycles. The molecule has 3 aromatic rings. The molecular weight excluding hydrogens is 416 g/mol. The quantitative estimate of drug-likeness (QED) is 0.534. The number of aromatic nitrogens is 3. The Kier molecular flexibility index (Phi) is 6.65. The van der Waals surface area contributed by atoms with Crippen molar-refractivity contribution >= 4 is 39.2 Å². The van der Waals surface area contributed by atoms with E-state index in [9.17, 15) is 9.90 Å². The number of carbonyl (C=O) groups is 1. The van der Waals surface area contributed by atoms with E-state index in [1.165, 1.54) is 0 Å². The molecule has 1 saturated heterocycles. The van der Waals surface area contributed by atoms with Crippen LogP contribution >= 0.6 is 23.1 Å². The molecule has 1 atom stereocenters. The van der Waals surface area contributed by atoms with Crippen LogP contribution in [0.3, 0.4) is 0 Å². The second-order valence-electron chi connectivity index (χ2n) is 7.88. The SMILES string of the molecule is CSc1cnc(CC[C@H](C)CCc2nc3ccc(C(=O)N4CC(O)C4)cc3s2)nc1. The monoisotopic (exact) mass is 442 g/mol. The van der Waals surface area contributed by atoms with E-state index >= 15 is 0 Å².